The van der Waals surface area contributed by atoms with Crippen LogP contribution in [0.2, 0.25) is 0 Å². The van der Waals surface area contributed by atoms with E-state index in [1.165, 1.54) is 0 Å². The van der Waals surface area contributed by atoms with Crippen molar-refractivity contribution in [2.24, 2.45) is 5.92 Å². The second-order valence-corrected chi connectivity index (χ2v) is 13.8. The number of hydrogen-bond donors (Lipinski definition) is 2. The lowest BCUT2D eigenvalue weighted by molar-refractivity contribution is 0.0985. The highest BCUT2D eigenvalue weighted by Gasteiger charge is 2.59. The van der Waals surface area contributed by atoms with Gasteiger partial charge in [0.1, 0.15) is 10.6 Å². The first kappa shape index (κ1) is 26.9. The van der Waals surface area contributed by atoms with Crippen molar-refractivity contribution < 1.29 is 17.9 Å². The fourth-order valence-electron chi connectivity index (χ4n) is 5.50. The number of aromatic nitrogens is 2. The Balaban J connectivity index is 1.47. The minimum Gasteiger partial charge on any atom is -0.377 e. The summed E-state index contributed by atoms with van der Waals surface area (Å²) in [6, 6.07) is 9.15. The summed E-state index contributed by atoms with van der Waals surface area (Å²) < 4.78 is 32.4. The molecule has 2 N–H and O–H groups in total. The van der Waals surface area contributed by atoms with E-state index in [1.807, 2.05) is 44.2 Å². The van der Waals surface area contributed by atoms with E-state index in [0.717, 1.165) is 37.1 Å². The summed E-state index contributed by atoms with van der Waals surface area (Å²) in [6.45, 7) is 8.66. The van der Waals surface area contributed by atoms with E-state index in [-0.39, 0.29) is 17.3 Å². The SMILES string of the molecule is CC(C)CNC(=O)Nc1ccc(-c2nc(N3CCOC[C@@H]3C)cc(C3(S(=O)(=O)C4CCCC4)CC3)n2)cc1. The molecule has 3 aliphatic rings. The number of benzene rings is 1. The van der Waals surface area contributed by atoms with Crippen LogP contribution in [0.1, 0.15) is 65.0 Å². The molecule has 1 saturated heterocycles. The Morgan fingerprint density at radius 1 is 1.16 bits per heavy atom. The van der Waals surface area contributed by atoms with Gasteiger partial charge in [0.05, 0.1) is 30.2 Å². The summed E-state index contributed by atoms with van der Waals surface area (Å²) in [7, 11) is -3.36. The number of morpholine rings is 1. The van der Waals surface area contributed by atoms with Gasteiger partial charge in [-0.2, -0.15) is 0 Å². The van der Waals surface area contributed by atoms with E-state index < -0.39 is 14.6 Å². The zero-order valence-electron chi connectivity index (χ0n) is 22.6. The number of rotatable bonds is 8. The number of sulfone groups is 1. The van der Waals surface area contributed by atoms with Crippen LogP contribution < -0.4 is 15.5 Å². The quantitative estimate of drug-likeness (QED) is 0.506. The molecule has 2 saturated carbocycles. The normalized spacial score (nSPS) is 21.5. The minimum atomic E-state index is -3.36. The average Bonchev–Trinajstić information content (AvgIpc) is 3.54. The van der Waals surface area contributed by atoms with E-state index in [9.17, 15) is 13.2 Å². The summed E-state index contributed by atoms with van der Waals surface area (Å²) in [5.41, 5.74) is 2.05. The number of ether oxygens (including phenoxy) is 1. The summed E-state index contributed by atoms with van der Waals surface area (Å²) in [5.74, 6) is 1.60. The van der Waals surface area contributed by atoms with Crippen LogP contribution in [0, 0.1) is 5.92 Å². The molecule has 1 aromatic heterocycles. The maximum Gasteiger partial charge on any atom is 0.319 e. The third kappa shape index (κ3) is 5.38. The Morgan fingerprint density at radius 3 is 2.50 bits per heavy atom. The van der Waals surface area contributed by atoms with E-state index in [1.54, 1.807) is 0 Å². The zero-order chi connectivity index (χ0) is 26.9. The molecule has 0 spiro atoms. The number of nitrogens with zero attached hydrogens (tertiary/aromatic N) is 3. The number of urea groups is 1. The van der Waals surface area contributed by atoms with Gasteiger partial charge in [0.25, 0.3) is 0 Å². The summed E-state index contributed by atoms with van der Waals surface area (Å²) in [6.07, 6.45) is 4.65. The summed E-state index contributed by atoms with van der Waals surface area (Å²) in [5, 5.41) is 5.42. The molecule has 10 heteroatoms. The fourth-order valence-corrected chi connectivity index (χ4v) is 8.16. The highest BCUT2D eigenvalue weighted by atomic mass is 32.2. The number of nitrogens with one attached hydrogen (secondary N) is 2. The van der Waals surface area contributed by atoms with E-state index in [2.05, 4.69) is 22.5 Å². The first-order valence-electron chi connectivity index (χ1n) is 13.8. The van der Waals surface area contributed by atoms with Crippen LogP contribution in [0.5, 0.6) is 0 Å². The Labute approximate surface area is 225 Å². The molecule has 2 amide bonds. The van der Waals surface area contributed by atoms with Crippen molar-refractivity contribution in [2.75, 3.05) is 36.5 Å². The predicted molar refractivity (Wildman–Crippen MR) is 149 cm³/mol. The third-order valence-electron chi connectivity index (χ3n) is 7.90. The molecule has 0 radical (unpaired) electrons. The first-order valence-corrected chi connectivity index (χ1v) is 15.4. The van der Waals surface area contributed by atoms with Gasteiger partial charge in [0, 0.05) is 30.4 Å². The molecular weight excluding hydrogens is 502 g/mol. The molecular formula is C28H39N5O4S. The first-order chi connectivity index (χ1) is 18.2. The lowest BCUT2D eigenvalue weighted by Gasteiger charge is -2.35. The number of anilines is 2. The fraction of sp³-hybridized carbons (Fsp3) is 0.607. The minimum absolute atomic E-state index is 0.122. The highest BCUT2D eigenvalue weighted by Crippen LogP contribution is 2.55. The molecule has 0 bridgehead atoms. The standard InChI is InChI=1S/C28H39N5O4S/c1-19(2)17-29-27(34)30-22-10-8-21(9-11-22)26-31-24(16-25(32-26)33-14-15-37-18-20(33)3)28(12-13-28)38(35,36)23-6-4-5-7-23/h8-11,16,19-20,23H,4-7,12-15,17-18H2,1-3H3,(H2,29,30,34)/t20-/m0/s1. The Bertz CT molecular complexity index is 1250. The largest absolute Gasteiger partial charge is 0.377 e. The smallest absolute Gasteiger partial charge is 0.319 e. The van der Waals surface area contributed by atoms with Gasteiger partial charge in [-0.3, -0.25) is 0 Å². The molecule has 2 aliphatic carbocycles. The third-order valence-corrected chi connectivity index (χ3v) is 11.0. The maximum absolute atomic E-state index is 13.8. The molecule has 9 nitrogen and oxygen atoms in total. The van der Waals surface area contributed by atoms with Crippen LogP contribution in [-0.2, 0) is 19.3 Å². The van der Waals surface area contributed by atoms with Gasteiger partial charge >= 0.3 is 6.03 Å². The van der Waals surface area contributed by atoms with Crippen molar-refractivity contribution in [1.29, 1.82) is 0 Å². The predicted octanol–water partition coefficient (Wildman–Crippen LogP) is 4.49. The van der Waals surface area contributed by atoms with Gasteiger partial charge in [-0.05, 0) is 62.8 Å². The Kier molecular flexibility index (Phi) is 7.64. The summed E-state index contributed by atoms with van der Waals surface area (Å²) >= 11 is 0. The number of amides is 2. The van der Waals surface area contributed by atoms with Gasteiger partial charge in [-0.1, -0.05) is 26.7 Å². The van der Waals surface area contributed by atoms with Gasteiger partial charge in [0.15, 0.2) is 15.7 Å². The Hall–Kier alpha value is -2.72. The molecule has 1 aliphatic heterocycles. The maximum atomic E-state index is 13.8. The van der Waals surface area contributed by atoms with E-state index in [4.69, 9.17) is 14.7 Å². The molecule has 206 valence electrons. The van der Waals surface area contributed by atoms with Crippen molar-refractivity contribution in [3.05, 3.63) is 36.0 Å². The molecule has 2 aromatic rings. The van der Waals surface area contributed by atoms with Crippen LogP contribution in [0.25, 0.3) is 11.4 Å². The molecule has 1 aromatic carbocycles. The topological polar surface area (TPSA) is 114 Å². The average molecular weight is 542 g/mol. The molecule has 0 unspecified atom stereocenters. The monoisotopic (exact) mass is 541 g/mol. The van der Waals surface area contributed by atoms with Gasteiger partial charge in [-0.25, -0.2) is 23.2 Å². The highest BCUT2D eigenvalue weighted by molar-refractivity contribution is 7.93. The van der Waals surface area contributed by atoms with Crippen LogP contribution in [0.4, 0.5) is 16.3 Å². The van der Waals surface area contributed by atoms with Gasteiger partial charge in [-0.15, -0.1) is 0 Å². The van der Waals surface area contributed by atoms with E-state index >= 15 is 0 Å². The Morgan fingerprint density at radius 2 is 1.87 bits per heavy atom. The van der Waals surface area contributed by atoms with Crippen molar-refractivity contribution in [1.82, 2.24) is 15.3 Å². The van der Waals surface area contributed by atoms with Crippen molar-refractivity contribution in [3.63, 3.8) is 0 Å². The second kappa shape index (κ2) is 10.8. The van der Waals surface area contributed by atoms with Crippen molar-refractivity contribution in [3.8, 4) is 11.4 Å². The molecule has 2 heterocycles. The van der Waals surface area contributed by atoms with Crippen molar-refractivity contribution >= 4 is 27.4 Å². The lowest BCUT2D eigenvalue weighted by Crippen LogP contribution is -2.44. The van der Waals surface area contributed by atoms with Crippen LogP contribution in [-0.4, -0.2) is 62.0 Å². The lowest BCUT2D eigenvalue weighted by atomic mass is 10.1. The van der Waals surface area contributed by atoms with Gasteiger partial charge in [0.2, 0.25) is 0 Å². The van der Waals surface area contributed by atoms with Crippen LogP contribution >= 0.6 is 0 Å². The second-order valence-electron chi connectivity index (χ2n) is 11.3. The number of hydrogen-bond acceptors (Lipinski definition) is 7. The molecule has 38 heavy (non-hydrogen) atoms. The molecule has 3 fully saturated rings. The zero-order valence-corrected chi connectivity index (χ0v) is 23.4. The van der Waals surface area contributed by atoms with Crippen LogP contribution in [0.15, 0.2) is 30.3 Å². The van der Waals surface area contributed by atoms with Crippen LogP contribution in [0.3, 0.4) is 0 Å². The van der Waals surface area contributed by atoms with E-state index in [0.29, 0.717) is 62.3 Å². The molecule has 1 atom stereocenters. The van der Waals surface area contributed by atoms with Gasteiger partial charge < -0.3 is 20.3 Å². The number of carbonyl (C=O) groups is 1. The summed E-state index contributed by atoms with van der Waals surface area (Å²) in [4.78, 5) is 24.1. The van der Waals surface area contributed by atoms with Crippen molar-refractivity contribution in [2.45, 2.75) is 75.3 Å². The molecule has 5 rings (SSSR count). The number of carbonyl (C=O) groups excluding carboxylic acids is 1.